The van der Waals surface area contributed by atoms with E-state index in [-0.39, 0.29) is 21.6 Å². The second-order valence-electron chi connectivity index (χ2n) is 8.42. The predicted octanol–water partition coefficient (Wildman–Crippen LogP) is 5.80. The molecule has 2 aromatic heterocycles. The van der Waals surface area contributed by atoms with Gasteiger partial charge in [0.2, 0.25) is 5.13 Å². The number of carbonyl (C=O) groups is 1. The van der Waals surface area contributed by atoms with Gasteiger partial charge in [-0.2, -0.15) is 8.78 Å². The summed E-state index contributed by atoms with van der Waals surface area (Å²) in [6, 6.07) is 7.86. The van der Waals surface area contributed by atoms with Gasteiger partial charge in [0, 0.05) is 23.0 Å². The first kappa shape index (κ1) is 27.9. The Kier molecular flexibility index (Phi) is 9.42. The first-order valence-corrected chi connectivity index (χ1v) is 12.2. The summed E-state index contributed by atoms with van der Waals surface area (Å²) >= 11 is 1.05. The van der Waals surface area contributed by atoms with Crippen LogP contribution in [0.4, 0.5) is 13.9 Å². The number of pyridine rings is 1. The third-order valence-corrected chi connectivity index (χ3v) is 5.88. The van der Waals surface area contributed by atoms with Gasteiger partial charge in [-0.05, 0) is 63.2 Å². The van der Waals surface area contributed by atoms with E-state index in [0.29, 0.717) is 29.8 Å². The molecule has 2 N–H and O–H groups in total. The van der Waals surface area contributed by atoms with Crippen molar-refractivity contribution in [1.29, 1.82) is 0 Å². The van der Waals surface area contributed by atoms with Crippen LogP contribution >= 0.6 is 11.3 Å². The number of hydrogen-bond donors (Lipinski definition) is 2. The van der Waals surface area contributed by atoms with E-state index in [2.05, 4.69) is 25.2 Å². The van der Waals surface area contributed by atoms with Gasteiger partial charge in [0.1, 0.15) is 5.75 Å². The highest BCUT2D eigenvalue weighted by molar-refractivity contribution is 7.17. The van der Waals surface area contributed by atoms with Crippen LogP contribution in [0.1, 0.15) is 43.2 Å². The zero-order valence-corrected chi connectivity index (χ0v) is 21.7. The summed E-state index contributed by atoms with van der Waals surface area (Å²) in [5.41, 5.74) is 1.35. The number of aromatic nitrogens is 3. The van der Waals surface area contributed by atoms with E-state index < -0.39 is 18.1 Å². The van der Waals surface area contributed by atoms with E-state index in [1.165, 1.54) is 12.3 Å². The lowest BCUT2D eigenvalue weighted by Crippen LogP contribution is -2.20. The summed E-state index contributed by atoms with van der Waals surface area (Å²) in [6.07, 6.45) is 7.52. The van der Waals surface area contributed by atoms with Crippen molar-refractivity contribution in [1.82, 2.24) is 15.2 Å². The Bertz CT molecular complexity index is 1290. The van der Waals surface area contributed by atoms with E-state index in [0.717, 1.165) is 16.9 Å². The Hall–Kier alpha value is -3.70. The molecule has 11 heteroatoms. The van der Waals surface area contributed by atoms with E-state index in [1.807, 2.05) is 25.2 Å². The monoisotopic (exact) mass is 530 g/mol. The number of nitrogens with one attached hydrogen (secondary N) is 1. The molecule has 0 atom stereocenters. The van der Waals surface area contributed by atoms with Crippen LogP contribution in [-0.4, -0.2) is 45.0 Å². The number of anilines is 1. The lowest BCUT2D eigenvalue weighted by molar-refractivity contribution is -0.0494. The molecule has 8 nitrogen and oxygen atoms in total. The third kappa shape index (κ3) is 7.89. The Morgan fingerprint density at radius 2 is 2.00 bits per heavy atom. The van der Waals surface area contributed by atoms with Crippen LogP contribution in [0.3, 0.4) is 0 Å². The van der Waals surface area contributed by atoms with Crippen molar-refractivity contribution in [2.75, 3.05) is 11.9 Å². The standard InChI is InChI=1S/C26H28F2N4O4S/c1-5-17(26(3,4)34)10-8-9-13-35-25-32-31-24(37-25)30-22(33)20-15-29-16(2)14-19(20)18-11-6-7-12-21(18)36-23(27)28/h5-8,10-12,14-15,23,34H,9,13H2,1-4H3,(H,30,31,33)/b10-8-,17-5+. The number of aliphatic hydroxyl groups is 1. The SMILES string of the molecule is C/C=C(\C=C/CCOc1nnc(NC(=O)c2cnc(C)cc2-c2ccccc2OC(F)F)s1)C(C)(C)O. The minimum absolute atomic E-state index is 0.0538. The molecule has 3 rings (SSSR count). The Labute approximate surface area is 217 Å². The van der Waals surface area contributed by atoms with Gasteiger partial charge in [-0.1, -0.05) is 41.5 Å². The first-order chi connectivity index (χ1) is 17.6. The van der Waals surface area contributed by atoms with Crippen LogP contribution in [0.25, 0.3) is 11.1 Å². The molecule has 0 fully saturated rings. The highest BCUT2D eigenvalue weighted by Gasteiger charge is 2.20. The van der Waals surface area contributed by atoms with Crippen LogP contribution in [0.2, 0.25) is 0 Å². The van der Waals surface area contributed by atoms with Gasteiger partial charge in [-0.15, -0.1) is 5.10 Å². The van der Waals surface area contributed by atoms with Crippen LogP contribution in [0.5, 0.6) is 10.9 Å². The smallest absolute Gasteiger partial charge is 0.387 e. The average Bonchev–Trinajstić information content (AvgIpc) is 3.27. The summed E-state index contributed by atoms with van der Waals surface area (Å²) < 4.78 is 36.1. The number of allylic oxidation sites excluding steroid dienone is 1. The van der Waals surface area contributed by atoms with Crippen molar-refractivity contribution in [3.8, 4) is 22.1 Å². The van der Waals surface area contributed by atoms with Crippen molar-refractivity contribution < 1.29 is 28.2 Å². The summed E-state index contributed by atoms with van der Waals surface area (Å²) in [7, 11) is 0. The molecule has 37 heavy (non-hydrogen) atoms. The first-order valence-electron chi connectivity index (χ1n) is 11.4. The number of carbonyl (C=O) groups excluding carboxylic acids is 1. The Morgan fingerprint density at radius 3 is 2.70 bits per heavy atom. The largest absolute Gasteiger partial charge is 0.469 e. The molecular weight excluding hydrogens is 502 g/mol. The maximum atomic E-state index is 13.1. The molecule has 0 radical (unpaired) electrons. The quantitative estimate of drug-likeness (QED) is 0.238. The molecule has 0 spiro atoms. The fraction of sp³-hybridized carbons (Fsp3) is 0.308. The van der Waals surface area contributed by atoms with Crippen LogP contribution in [0.15, 0.2) is 60.3 Å². The molecule has 0 aliphatic rings. The van der Waals surface area contributed by atoms with Gasteiger partial charge in [0.25, 0.3) is 11.1 Å². The normalized spacial score (nSPS) is 12.3. The summed E-state index contributed by atoms with van der Waals surface area (Å²) in [5, 5.41) is 21.1. The number of amides is 1. The van der Waals surface area contributed by atoms with E-state index in [4.69, 9.17) is 4.74 Å². The summed E-state index contributed by atoms with van der Waals surface area (Å²) in [6.45, 7) is 4.34. The molecule has 0 unspecified atom stereocenters. The maximum Gasteiger partial charge on any atom is 0.387 e. The number of ether oxygens (including phenoxy) is 2. The fourth-order valence-corrected chi connectivity index (χ4v) is 4.03. The van der Waals surface area contributed by atoms with Gasteiger partial charge in [-0.3, -0.25) is 15.1 Å². The van der Waals surface area contributed by atoms with Crippen molar-refractivity contribution in [3.63, 3.8) is 0 Å². The number of halogens is 2. The van der Waals surface area contributed by atoms with Crippen LogP contribution in [-0.2, 0) is 0 Å². The van der Waals surface area contributed by atoms with Crippen LogP contribution in [0, 0.1) is 6.92 Å². The summed E-state index contributed by atoms with van der Waals surface area (Å²) in [5.74, 6) is -0.590. The average molecular weight is 531 g/mol. The molecule has 0 aliphatic heterocycles. The van der Waals surface area contributed by atoms with Gasteiger partial charge in [-0.25, -0.2) is 0 Å². The second kappa shape index (κ2) is 12.5. The van der Waals surface area contributed by atoms with Gasteiger partial charge in [0.05, 0.1) is 17.8 Å². The van der Waals surface area contributed by atoms with Crippen molar-refractivity contribution in [2.24, 2.45) is 0 Å². The molecule has 1 aromatic carbocycles. The molecule has 196 valence electrons. The van der Waals surface area contributed by atoms with E-state index in [9.17, 15) is 18.7 Å². The Morgan fingerprint density at radius 1 is 1.24 bits per heavy atom. The fourth-order valence-electron chi connectivity index (χ4n) is 3.41. The number of benzene rings is 1. The number of aryl methyl sites for hydroxylation is 1. The number of hydrogen-bond acceptors (Lipinski definition) is 8. The van der Waals surface area contributed by atoms with Crippen LogP contribution < -0.4 is 14.8 Å². The highest BCUT2D eigenvalue weighted by Crippen LogP contribution is 2.34. The zero-order valence-electron chi connectivity index (χ0n) is 20.9. The number of para-hydroxylation sites is 1. The molecular formula is C26H28F2N4O4S. The zero-order chi connectivity index (χ0) is 27.0. The minimum atomic E-state index is -3.01. The lowest BCUT2D eigenvalue weighted by atomic mass is 9.97. The van der Waals surface area contributed by atoms with Crippen molar-refractivity contribution in [3.05, 3.63) is 71.6 Å². The van der Waals surface area contributed by atoms with Gasteiger partial charge in [0.15, 0.2) is 0 Å². The molecule has 0 bridgehead atoms. The summed E-state index contributed by atoms with van der Waals surface area (Å²) in [4.78, 5) is 17.2. The number of rotatable bonds is 11. The maximum absolute atomic E-state index is 13.1. The number of alkyl halides is 2. The molecule has 0 aliphatic carbocycles. The van der Waals surface area contributed by atoms with E-state index in [1.54, 1.807) is 45.0 Å². The molecule has 0 saturated heterocycles. The van der Waals surface area contributed by atoms with Gasteiger partial charge >= 0.3 is 6.61 Å². The van der Waals surface area contributed by atoms with E-state index >= 15 is 0 Å². The second-order valence-corrected chi connectivity index (χ2v) is 9.36. The third-order valence-electron chi connectivity index (χ3n) is 5.13. The Balaban J connectivity index is 1.68. The minimum Gasteiger partial charge on any atom is -0.469 e. The molecule has 0 saturated carbocycles. The molecule has 3 aromatic rings. The topological polar surface area (TPSA) is 106 Å². The molecule has 1 amide bonds. The van der Waals surface area contributed by atoms with Gasteiger partial charge < -0.3 is 14.6 Å². The predicted molar refractivity (Wildman–Crippen MR) is 138 cm³/mol. The molecule has 2 heterocycles. The van der Waals surface area contributed by atoms with Crippen molar-refractivity contribution in [2.45, 2.75) is 46.3 Å². The lowest BCUT2D eigenvalue weighted by Gasteiger charge is -2.18. The highest BCUT2D eigenvalue weighted by atomic mass is 32.1. The van der Waals surface area contributed by atoms with Crippen molar-refractivity contribution >= 4 is 22.4 Å². The number of nitrogens with zero attached hydrogens (tertiary/aromatic N) is 3.